The number of aliphatic carboxylic acids is 1. The van der Waals surface area contributed by atoms with Gasteiger partial charge in [-0.05, 0) is 54.3 Å². The smallest absolute Gasteiger partial charge is 0.307 e. The molecule has 21 heavy (non-hydrogen) atoms. The molecule has 0 bridgehead atoms. The van der Waals surface area contributed by atoms with Gasteiger partial charge in [-0.1, -0.05) is 28.1 Å². The van der Waals surface area contributed by atoms with E-state index in [-0.39, 0.29) is 18.7 Å². The second kappa shape index (κ2) is 6.80. The first-order valence-electron chi connectivity index (χ1n) is 6.37. The molecule has 1 N–H and O–H groups in total. The van der Waals surface area contributed by atoms with E-state index in [4.69, 9.17) is 0 Å². The molecule has 0 fully saturated rings. The first-order chi connectivity index (χ1) is 9.95. The van der Waals surface area contributed by atoms with Crippen molar-refractivity contribution in [3.05, 3.63) is 69.7 Å². The number of benzene rings is 2. The second-order valence-corrected chi connectivity index (χ2v) is 5.66. The predicted octanol–water partition coefficient (Wildman–Crippen LogP) is 4.21. The maximum Gasteiger partial charge on any atom is 0.307 e. The van der Waals surface area contributed by atoms with Crippen molar-refractivity contribution in [2.24, 2.45) is 5.92 Å². The molecule has 0 radical (unpaired) electrons. The van der Waals surface area contributed by atoms with Crippen LogP contribution in [0, 0.1) is 17.6 Å². The molecule has 2 aromatic rings. The highest BCUT2D eigenvalue weighted by molar-refractivity contribution is 9.10. The molecular weight excluding hydrogens is 342 g/mol. The normalized spacial score (nSPS) is 12.1. The Morgan fingerprint density at radius 1 is 1.05 bits per heavy atom. The molecule has 0 aliphatic rings. The quantitative estimate of drug-likeness (QED) is 0.872. The molecule has 1 atom stereocenters. The third-order valence-corrected chi connectivity index (χ3v) is 3.99. The summed E-state index contributed by atoms with van der Waals surface area (Å²) < 4.78 is 26.8. The highest BCUT2D eigenvalue weighted by Crippen LogP contribution is 2.23. The Balaban J connectivity index is 2.17. The van der Waals surface area contributed by atoms with E-state index in [9.17, 15) is 18.7 Å². The lowest BCUT2D eigenvalue weighted by Crippen LogP contribution is -2.19. The van der Waals surface area contributed by atoms with Gasteiger partial charge in [0.2, 0.25) is 0 Å². The summed E-state index contributed by atoms with van der Waals surface area (Å²) in [4.78, 5) is 11.4. The molecule has 1 unspecified atom stereocenters. The summed E-state index contributed by atoms with van der Waals surface area (Å²) in [5.41, 5.74) is 1.33. The summed E-state index contributed by atoms with van der Waals surface area (Å²) in [6, 6.07) is 9.91. The Morgan fingerprint density at radius 3 is 2.29 bits per heavy atom. The van der Waals surface area contributed by atoms with Gasteiger partial charge in [-0.2, -0.15) is 0 Å². The van der Waals surface area contributed by atoms with Gasteiger partial charge in [0.15, 0.2) is 0 Å². The van der Waals surface area contributed by atoms with Gasteiger partial charge in [0, 0.05) is 4.47 Å². The standard InChI is InChI=1S/C16H13BrF2O2/c17-15-6-5-14(19)9-11(15)8-12(16(20)21)7-10-1-3-13(18)4-2-10/h1-6,9,12H,7-8H2,(H,20,21). The first-order valence-corrected chi connectivity index (χ1v) is 7.16. The van der Waals surface area contributed by atoms with Gasteiger partial charge in [-0.25, -0.2) is 8.78 Å². The van der Waals surface area contributed by atoms with Crippen LogP contribution in [0.1, 0.15) is 11.1 Å². The van der Waals surface area contributed by atoms with E-state index >= 15 is 0 Å². The summed E-state index contributed by atoms with van der Waals surface area (Å²) >= 11 is 3.29. The van der Waals surface area contributed by atoms with E-state index < -0.39 is 17.7 Å². The van der Waals surface area contributed by atoms with Crippen molar-refractivity contribution in [2.75, 3.05) is 0 Å². The minimum Gasteiger partial charge on any atom is -0.481 e. The maximum atomic E-state index is 13.3. The number of hydrogen-bond acceptors (Lipinski definition) is 1. The lowest BCUT2D eigenvalue weighted by Gasteiger charge is -2.14. The molecule has 0 aliphatic heterocycles. The van der Waals surface area contributed by atoms with Gasteiger partial charge in [0.25, 0.3) is 0 Å². The molecule has 0 spiro atoms. The van der Waals surface area contributed by atoms with Crippen molar-refractivity contribution in [3.8, 4) is 0 Å². The third kappa shape index (κ3) is 4.36. The van der Waals surface area contributed by atoms with Crippen LogP contribution >= 0.6 is 15.9 Å². The average Bonchev–Trinajstić information content (AvgIpc) is 2.44. The van der Waals surface area contributed by atoms with Crippen molar-refractivity contribution in [1.29, 1.82) is 0 Å². The molecule has 2 nitrogen and oxygen atoms in total. The second-order valence-electron chi connectivity index (χ2n) is 4.81. The Bertz CT molecular complexity index is 641. The highest BCUT2D eigenvalue weighted by Gasteiger charge is 2.20. The van der Waals surface area contributed by atoms with E-state index in [1.807, 2.05) is 0 Å². The van der Waals surface area contributed by atoms with Crippen LogP contribution in [0.2, 0.25) is 0 Å². The fourth-order valence-corrected chi connectivity index (χ4v) is 2.53. The summed E-state index contributed by atoms with van der Waals surface area (Å²) in [5.74, 6) is -2.43. The minimum absolute atomic E-state index is 0.199. The SMILES string of the molecule is O=C(O)C(Cc1ccc(F)cc1)Cc1cc(F)ccc1Br. The number of carbonyl (C=O) groups is 1. The lowest BCUT2D eigenvalue weighted by molar-refractivity contribution is -0.141. The topological polar surface area (TPSA) is 37.3 Å². The molecule has 0 amide bonds. The fourth-order valence-electron chi connectivity index (χ4n) is 2.12. The zero-order chi connectivity index (χ0) is 15.4. The van der Waals surface area contributed by atoms with Gasteiger partial charge >= 0.3 is 5.97 Å². The molecule has 110 valence electrons. The van der Waals surface area contributed by atoms with Crippen molar-refractivity contribution in [2.45, 2.75) is 12.8 Å². The maximum absolute atomic E-state index is 13.3. The minimum atomic E-state index is -0.963. The van der Waals surface area contributed by atoms with E-state index in [1.54, 1.807) is 18.2 Å². The summed E-state index contributed by atoms with van der Waals surface area (Å²) in [6.07, 6.45) is 0.462. The van der Waals surface area contributed by atoms with Crippen LogP contribution in [0.15, 0.2) is 46.9 Å². The molecule has 2 rings (SSSR count). The van der Waals surface area contributed by atoms with Crippen molar-refractivity contribution >= 4 is 21.9 Å². The van der Waals surface area contributed by atoms with E-state index in [1.165, 1.54) is 24.3 Å². The van der Waals surface area contributed by atoms with Gasteiger partial charge < -0.3 is 5.11 Å². The molecule has 0 saturated heterocycles. The Morgan fingerprint density at radius 2 is 1.67 bits per heavy atom. The molecule has 0 aliphatic carbocycles. The number of halogens is 3. The Hall–Kier alpha value is -1.75. The molecule has 0 aromatic heterocycles. The summed E-state index contributed by atoms with van der Waals surface area (Å²) in [7, 11) is 0. The van der Waals surface area contributed by atoms with Crippen LogP contribution in [-0.2, 0) is 17.6 Å². The molecule has 5 heteroatoms. The van der Waals surface area contributed by atoms with Crippen molar-refractivity contribution in [3.63, 3.8) is 0 Å². The zero-order valence-electron chi connectivity index (χ0n) is 11.0. The van der Waals surface area contributed by atoms with E-state index in [0.717, 1.165) is 5.56 Å². The number of hydrogen-bond donors (Lipinski definition) is 1. The highest BCUT2D eigenvalue weighted by atomic mass is 79.9. The third-order valence-electron chi connectivity index (χ3n) is 3.22. The summed E-state index contributed by atoms with van der Waals surface area (Å²) in [5, 5.41) is 9.33. The fraction of sp³-hybridized carbons (Fsp3) is 0.188. The number of carboxylic acids is 1. The Kier molecular flexibility index (Phi) is 5.07. The largest absolute Gasteiger partial charge is 0.481 e. The molecule has 2 aromatic carbocycles. The van der Waals surface area contributed by atoms with Crippen LogP contribution in [0.5, 0.6) is 0 Å². The van der Waals surface area contributed by atoms with Gasteiger partial charge in [0.05, 0.1) is 5.92 Å². The van der Waals surface area contributed by atoms with Crippen molar-refractivity contribution < 1.29 is 18.7 Å². The lowest BCUT2D eigenvalue weighted by atomic mass is 9.92. The van der Waals surface area contributed by atoms with E-state index in [0.29, 0.717) is 10.0 Å². The summed E-state index contributed by atoms with van der Waals surface area (Å²) in [6.45, 7) is 0. The van der Waals surface area contributed by atoms with E-state index in [2.05, 4.69) is 15.9 Å². The molecule has 0 saturated carbocycles. The van der Waals surface area contributed by atoms with Crippen LogP contribution in [0.25, 0.3) is 0 Å². The van der Waals surface area contributed by atoms with Crippen molar-refractivity contribution in [1.82, 2.24) is 0 Å². The van der Waals surface area contributed by atoms with Crippen LogP contribution in [0.3, 0.4) is 0 Å². The number of rotatable bonds is 5. The molecular formula is C16H13BrF2O2. The molecule has 0 heterocycles. The van der Waals surface area contributed by atoms with Gasteiger partial charge in [0.1, 0.15) is 11.6 Å². The van der Waals surface area contributed by atoms with Crippen LogP contribution < -0.4 is 0 Å². The van der Waals surface area contributed by atoms with Gasteiger partial charge in [-0.15, -0.1) is 0 Å². The average molecular weight is 355 g/mol. The van der Waals surface area contributed by atoms with Gasteiger partial charge in [-0.3, -0.25) is 4.79 Å². The Labute approximate surface area is 129 Å². The monoisotopic (exact) mass is 354 g/mol. The number of carboxylic acid groups (broad SMARTS) is 1. The van der Waals surface area contributed by atoms with Crippen LogP contribution in [-0.4, -0.2) is 11.1 Å². The predicted molar refractivity (Wildman–Crippen MR) is 79.0 cm³/mol. The van der Waals surface area contributed by atoms with Crippen LogP contribution in [0.4, 0.5) is 8.78 Å². The first kappa shape index (κ1) is 15.6. The zero-order valence-corrected chi connectivity index (χ0v) is 12.6.